The summed E-state index contributed by atoms with van der Waals surface area (Å²) in [5.41, 5.74) is 1.85. The quantitative estimate of drug-likeness (QED) is 0.539. The smallest absolute Gasteiger partial charge is 0.166 e. The van der Waals surface area contributed by atoms with E-state index in [-0.39, 0.29) is 5.56 Å². The van der Waals surface area contributed by atoms with Crippen LogP contribution in [0.5, 0.6) is 5.75 Å². The molecule has 0 aliphatic carbocycles. The largest absolute Gasteiger partial charge is 0.492 e. The minimum atomic E-state index is -0.916. The number of fused-ring (bicyclic) bond motifs is 1. The summed E-state index contributed by atoms with van der Waals surface area (Å²) in [6, 6.07) is 9.20. The molecule has 4 rings (SSSR count). The van der Waals surface area contributed by atoms with Gasteiger partial charge in [-0.1, -0.05) is 12.1 Å². The van der Waals surface area contributed by atoms with Gasteiger partial charge >= 0.3 is 0 Å². The third-order valence-electron chi connectivity index (χ3n) is 4.41. The highest BCUT2D eigenvalue weighted by Gasteiger charge is 2.17. The summed E-state index contributed by atoms with van der Waals surface area (Å²) in [5.74, 6) is -0.401. The summed E-state index contributed by atoms with van der Waals surface area (Å²) in [6.45, 7) is 2.23. The van der Waals surface area contributed by atoms with Crippen LogP contribution in [-0.2, 0) is 0 Å². The number of hydrogen-bond acceptors (Lipinski definition) is 6. The van der Waals surface area contributed by atoms with Crippen LogP contribution in [0.4, 0.5) is 14.6 Å². The molecule has 2 aromatic carbocycles. The lowest BCUT2D eigenvalue weighted by Gasteiger charge is -2.14. The van der Waals surface area contributed by atoms with Crippen molar-refractivity contribution in [2.45, 2.75) is 6.92 Å². The van der Waals surface area contributed by atoms with E-state index in [1.54, 1.807) is 37.6 Å². The molecule has 0 saturated heterocycles. The molecular formula is C21H17F2N5O. The number of nitrogens with one attached hydrogen (secondary N) is 1. The molecule has 4 aromatic rings. The van der Waals surface area contributed by atoms with E-state index in [4.69, 9.17) is 4.74 Å². The molecule has 0 fully saturated rings. The molecule has 0 bridgehead atoms. The van der Waals surface area contributed by atoms with Gasteiger partial charge in [0.2, 0.25) is 0 Å². The van der Waals surface area contributed by atoms with Gasteiger partial charge in [-0.05, 0) is 36.8 Å². The third-order valence-corrected chi connectivity index (χ3v) is 4.41. The Kier molecular flexibility index (Phi) is 4.99. The van der Waals surface area contributed by atoms with Crippen molar-refractivity contribution in [1.82, 2.24) is 20.2 Å². The summed E-state index contributed by atoms with van der Waals surface area (Å²) < 4.78 is 33.9. The highest BCUT2D eigenvalue weighted by molar-refractivity contribution is 5.97. The van der Waals surface area contributed by atoms with E-state index in [0.717, 1.165) is 6.07 Å². The Hall–Kier alpha value is -3.68. The molecule has 2 aromatic heterocycles. The predicted octanol–water partition coefficient (Wildman–Crippen LogP) is 4.47. The average molecular weight is 393 g/mol. The summed E-state index contributed by atoms with van der Waals surface area (Å²) >= 11 is 0. The monoisotopic (exact) mass is 393 g/mol. The van der Waals surface area contributed by atoms with Gasteiger partial charge < -0.3 is 10.1 Å². The van der Waals surface area contributed by atoms with E-state index >= 15 is 0 Å². The molecule has 8 heteroatoms. The van der Waals surface area contributed by atoms with Gasteiger partial charge in [0.1, 0.15) is 17.1 Å². The molecule has 6 nitrogen and oxygen atoms in total. The number of halogens is 2. The fourth-order valence-corrected chi connectivity index (χ4v) is 3.09. The first-order chi connectivity index (χ1) is 14.1. The van der Waals surface area contributed by atoms with Crippen molar-refractivity contribution in [2.75, 3.05) is 19.0 Å². The minimum Gasteiger partial charge on any atom is -0.492 e. The van der Waals surface area contributed by atoms with E-state index in [0.29, 0.717) is 46.0 Å². The summed E-state index contributed by atoms with van der Waals surface area (Å²) in [6.07, 6.45) is 3.12. The number of ether oxygens (including phenoxy) is 1. The second-order valence-corrected chi connectivity index (χ2v) is 6.18. The molecule has 0 amide bonds. The van der Waals surface area contributed by atoms with Gasteiger partial charge in [-0.2, -0.15) is 10.2 Å². The number of rotatable bonds is 5. The molecule has 146 valence electrons. The Bertz CT molecular complexity index is 1180. The Morgan fingerprint density at radius 1 is 1.03 bits per heavy atom. The number of anilines is 1. The van der Waals surface area contributed by atoms with Crippen LogP contribution in [0.25, 0.3) is 33.4 Å². The van der Waals surface area contributed by atoms with Crippen LogP contribution in [0.2, 0.25) is 0 Å². The van der Waals surface area contributed by atoms with Crippen LogP contribution in [-0.4, -0.2) is 33.8 Å². The Morgan fingerprint density at radius 3 is 2.62 bits per heavy atom. The number of hydrogen-bond donors (Lipinski definition) is 1. The van der Waals surface area contributed by atoms with Crippen molar-refractivity contribution in [3.05, 3.63) is 60.4 Å². The van der Waals surface area contributed by atoms with Gasteiger partial charge in [-0.25, -0.2) is 18.7 Å². The number of aromatic nitrogens is 4. The maximum absolute atomic E-state index is 14.4. The maximum atomic E-state index is 14.4. The van der Waals surface area contributed by atoms with Crippen LogP contribution in [0.15, 0.2) is 48.8 Å². The first kappa shape index (κ1) is 18.7. The normalized spacial score (nSPS) is 10.9. The minimum absolute atomic E-state index is 0.136. The molecule has 0 spiro atoms. The van der Waals surface area contributed by atoms with Crippen LogP contribution in [0.1, 0.15) is 6.92 Å². The van der Waals surface area contributed by atoms with Gasteiger partial charge in [0, 0.05) is 23.6 Å². The zero-order valence-corrected chi connectivity index (χ0v) is 15.8. The van der Waals surface area contributed by atoms with Crippen LogP contribution in [0, 0.1) is 11.6 Å². The van der Waals surface area contributed by atoms with Gasteiger partial charge in [0.05, 0.1) is 19.0 Å². The van der Waals surface area contributed by atoms with Gasteiger partial charge in [-0.3, -0.25) is 0 Å². The topological polar surface area (TPSA) is 72.8 Å². The first-order valence-electron chi connectivity index (χ1n) is 9.00. The molecule has 0 atom stereocenters. The Labute approximate surface area is 165 Å². The molecule has 0 aliphatic rings. The SMILES string of the molecule is CCOc1cc(-c2cccc(F)c2F)cc2c(NC)nc(-c3ccnnc3)nc12. The van der Waals surface area contributed by atoms with E-state index in [1.807, 2.05) is 6.92 Å². The van der Waals surface area contributed by atoms with Crippen molar-refractivity contribution in [3.63, 3.8) is 0 Å². The third kappa shape index (κ3) is 3.44. The molecule has 29 heavy (non-hydrogen) atoms. The molecule has 0 saturated carbocycles. The van der Waals surface area contributed by atoms with Crippen LogP contribution < -0.4 is 10.1 Å². The lowest BCUT2D eigenvalue weighted by atomic mass is 10.0. The van der Waals surface area contributed by atoms with Gasteiger partial charge in [-0.15, -0.1) is 0 Å². The van der Waals surface area contributed by atoms with Crippen molar-refractivity contribution in [1.29, 1.82) is 0 Å². The highest BCUT2D eigenvalue weighted by Crippen LogP contribution is 2.36. The average Bonchev–Trinajstić information content (AvgIpc) is 2.75. The molecular weight excluding hydrogens is 376 g/mol. The van der Waals surface area contributed by atoms with Crippen LogP contribution >= 0.6 is 0 Å². The van der Waals surface area contributed by atoms with Gasteiger partial charge in [0.15, 0.2) is 17.5 Å². The maximum Gasteiger partial charge on any atom is 0.166 e. The zero-order chi connectivity index (χ0) is 20.4. The second-order valence-electron chi connectivity index (χ2n) is 6.18. The number of nitrogens with zero attached hydrogens (tertiary/aromatic N) is 4. The van der Waals surface area contributed by atoms with Crippen molar-refractivity contribution in [3.8, 4) is 28.3 Å². The molecule has 0 aliphatic heterocycles. The first-order valence-corrected chi connectivity index (χ1v) is 9.00. The lowest BCUT2D eigenvalue weighted by molar-refractivity contribution is 0.344. The Balaban J connectivity index is 2.00. The Morgan fingerprint density at radius 2 is 1.90 bits per heavy atom. The zero-order valence-electron chi connectivity index (χ0n) is 15.8. The van der Waals surface area contributed by atoms with Crippen molar-refractivity contribution < 1.29 is 13.5 Å². The van der Waals surface area contributed by atoms with E-state index in [9.17, 15) is 8.78 Å². The summed E-state index contributed by atoms with van der Waals surface area (Å²) in [4.78, 5) is 9.19. The fourth-order valence-electron chi connectivity index (χ4n) is 3.09. The highest BCUT2D eigenvalue weighted by atomic mass is 19.2. The lowest BCUT2D eigenvalue weighted by Crippen LogP contribution is -2.02. The molecule has 0 unspecified atom stereocenters. The van der Waals surface area contributed by atoms with E-state index in [1.165, 1.54) is 12.1 Å². The van der Waals surface area contributed by atoms with Crippen molar-refractivity contribution >= 4 is 16.7 Å². The summed E-state index contributed by atoms with van der Waals surface area (Å²) in [7, 11) is 1.73. The standard InChI is InChI=1S/C21H17F2N5O/c1-3-29-17-10-13(14-5-4-6-16(22)18(14)23)9-15-19(17)27-20(28-21(15)24-2)12-7-8-25-26-11-12/h4-11H,3H2,1-2H3,(H,24,27,28). The fraction of sp³-hybridized carbons (Fsp3) is 0.143. The summed E-state index contributed by atoms with van der Waals surface area (Å²) in [5, 5.41) is 11.3. The molecule has 2 heterocycles. The van der Waals surface area contributed by atoms with Crippen molar-refractivity contribution in [2.24, 2.45) is 0 Å². The van der Waals surface area contributed by atoms with E-state index in [2.05, 4.69) is 25.5 Å². The van der Waals surface area contributed by atoms with Gasteiger partial charge in [0.25, 0.3) is 0 Å². The van der Waals surface area contributed by atoms with E-state index < -0.39 is 11.6 Å². The predicted molar refractivity (Wildman–Crippen MR) is 107 cm³/mol. The van der Waals surface area contributed by atoms with Crippen LogP contribution in [0.3, 0.4) is 0 Å². The molecule has 0 radical (unpaired) electrons. The second kappa shape index (κ2) is 7.75. The number of benzene rings is 2. The molecule has 1 N–H and O–H groups in total.